The highest BCUT2D eigenvalue weighted by Crippen LogP contribution is 2.55. The maximum atomic E-state index is 15.0. The molecule has 0 fully saturated rings. The smallest absolute Gasteiger partial charge is 0.255 e. The van der Waals surface area contributed by atoms with Crippen molar-refractivity contribution in [1.82, 2.24) is 9.91 Å². The van der Waals surface area contributed by atoms with Crippen LogP contribution in [-0.2, 0) is 35.7 Å². The van der Waals surface area contributed by atoms with Crippen molar-refractivity contribution in [1.29, 1.82) is 0 Å². The average Bonchev–Trinajstić information content (AvgIpc) is 3.20. The fraction of sp³-hybridized carbons (Fsp3) is 0.349. The molecule has 292 valence electrons. The molecule has 7 bridgehead atoms. The maximum Gasteiger partial charge on any atom is 0.255 e. The molecule has 5 heterocycles. The Hall–Kier alpha value is -4.88. The number of nitrogens with zero attached hydrogens (tertiary/aromatic N) is 3. The predicted octanol–water partition coefficient (Wildman–Crippen LogP) is 8.05. The lowest BCUT2D eigenvalue weighted by molar-refractivity contribution is 0.177. The van der Waals surface area contributed by atoms with Gasteiger partial charge in [-0.3, -0.25) is 4.90 Å². The molecule has 2 unspecified atom stereocenters. The molecular weight excluding hydrogens is 754 g/mol. The standard InChI is InChI=1S/C43H44ClN3O8S/c1-45-16-14-26-20-36(50-2)39-23-32(26)34(45)18-25-6-10-30(11-7-25)54-38-22-28-19-35-41-27(21-40(52-4)42(53-5)43(41)55-39)15-17-46(35)47(33(28)24-37(38)51-3)56(48,49)31-12-8-29(44)9-13-31/h6-12,20-24,31,34-35H,13-19H2,1-5H3/t31?,34?,35-/m0/s1. The molecule has 0 saturated heterocycles. The normalized spacial score (nSPS) is 21.4. The Balaban J connectivity index is 1.31. The van der Waals surface area contributed by atoms with Crippen LogP contribution in [0.4, 0.5) is 5.69 Å². The lowest BCUT2D eigenvalue weighted by Crippen LogP contribution is -2.56. The Morgan fingerprint density at radius 1 is 0.768 bits per heavy atom. The molecule has 1 aliphatic carbocycles. The van der Waals surface area contributed by atoms with Crippen molar-refractivity contribution < 1.29 is 36.8 Å². The topological polar surface area (TPSA) is 99.2 Å². The number of allylic oxidation sites excluding steroid dienone is 3. The molecule has 0 aromatic heterocycles. The molecular formula is C43H44ClN3O8S. The fourth-order valence-electron chi connectivity index (χ4n) is 8.88. The summed E-state index contributed by atoms with van der Waals surface area (Å²) in [6, 6.07) is 17.5. The summed E-state index contributed by atoms with van der Waals surface area (Å²) in [5.41, 5.74) is 6.56. The number of anilines is 1. The summed E-state index contributed by atoms with van der Waals surface area (Å²) in [5, 5.41) is 1.60. The first kappa shape index (κ1) is 36.7. The minimum absolute atomic E-state index is 0.0696. The molecule has 13 heteroatoms. The van der Waals surface area contributed by atoms with Crippen LogP contribution in [0.2, 0.25) is 0 Å². The van der Waals surface area contributed by atoms with Crippen molar-refractivity contribution in [2.24, 2.45) is 0 Å². The zero-order chi connectivity index (χ0) is 38.9. The van der Waals surface area contributed by atoms with Crippen molar-refractivity contribution in [3.05, 3.63) is 111 Å². The monoisotopic (exact) mass is 797 g/mol. The summed E-state index contributed by atoms with van der Waals surface area (Å²) in [6.45, 7) is 1.30. The van der Waals surface area contributed by atoms with Crippen molar-refractivity contribution in [3.63, 3.8) is 0 Å². The Morgan fingerprint density at radius 3 is 2.20 bits per heavy atom. The van der Waals surface area contributed by atoms with Crippen LogP contribution in [0.3, 0.4) is 0 Å². The average molecular weight is 798 g/mol. The first-order valence-corrected chi connectivity index (χ1v) is 20.7. The minimum Gasteiger partial charge on any atom is -0.493 e. The van der Waals surface area contributed by atoms with E-state index in [2.05, 4.69) is 36.2 Å². The number of rotatable bonds is 6. The molecule has 4 aromatic rings. The van der Waals surface area contributed by atoms with Gasteiger partial charge in [0.05, 0.1) is 40.2 Å². The molecule has 3 atom stereocenters. The quantitative estimate of drug-likeness (QED) is 0.191. The Labute approximate surface area is 332 Å². The van der Waals surface area contributed by atoms with Crippen LogP contribution in [0, 0.1) is 0 Å². The summed E-state index contributed by atoms with van der Waals surface area (Å²) in [4.78, 5) is 2.38. The van der Waals surface area contributed by atoms with Gasteiger partial charge < -0.3 is 28.4 Å². The zero-order valence-electron chi connectivity index (χ0n) is 32.0. The SMILES string of the molecule is COc1cc2c3cc1Oc1ccc(cc1)CC1c4cc(c(OC)cc4CCN1C)Oc1c(OC)c(OC)cc4c1[C@H](C3)N(CC4)N2S(=O)(=O)C1C=CC(Cl)=CC1. The van der Waals surface area contributed by atoms with Gasteiger partial charge in [0.1, 0.15) is 11.0 Å². The van der Waals surface area contributed by atoms with E-state index in [0.717, 1.165) is 47.2 Å². The van der Waals surface area contributed by atoms with Gasteiger partial charge in [0.15, 0.2) is 34.5 Å². The van der Waals surface area contributed by atoms with Gasteiger partial charge in [-0.15, -0.1) is 0 Å². The highest BCUT2D eigenvalue weighted by atomic mass is 35.5. The number of likely N-dealkylation sites (N-methyl/N-ethyl adjacent to an activating group) is 1. The summed E-state index contributed by atoms with van der Waals surface area (Å²) < 4.78 is 69.1. The van der Waals surface area contributed by atoms with E-state index in [1.54, 1.807) is 52.7 Å². The van der Waals surface area contributed by atoms with Crippen LogP contribution in [-0.4, -0.2) is 72.2 Å². The number of halogens is 1. The highest BCUT2D eigenvalue weighted by Gasteiger charge is 2.47. The zero-order valence-corrected chi connectivity index (χ0v) is 33.6. The second kappa shape index (κ2) is 14.3. The largest absolute Gasteiger partial charge is 0.493 e. The summed E-state index contributed by atoms with van der Waals surface area (Å²) in [6.07, 6.45) is 7.87. The molecule has 4 aromatic carbocycles. The fourth-order valence-corrected chi connectivity index (χ4v) is 10.9. The van der Waals surface area contributed by atoms with E-state index >= 15 is 8.42 Å². The second-order valence-corrected chi connectivity index (χ2v) is 17.2. The molecule has 0 spiro atoms. The third kappa shape index (κ3) is 6.05. The number of methoxy groups -OCH3 is 4. The van der Waals surface area contributed by atoms with E-state index in [1.165, 1.54) is 9.98 Å². The molecule has 10 rings (SSSR count). The Morgan fingerprint density at radius 2 is 1.48 bits per heavy atom. The van der Waals surface area contributed by atoms with Crippen molar-refractivity contribution in [2.45, 2.75) is 49.4 Å². The Bertz CT molecular complexity index is 2400. The first-order chi connectivity index (χ1) is 27.1. The van der Waals surface area contributed by atoms with E-state index in [9.17, 15) is 0 Å². The number of ether oxygens (including phenoxy) is 6. The highest BCUT2D eigenvalue weighted by molar-refractivity contribution is 7.93. The van der Waals surface area contributed by atoms with Gasteiger partial charge in [-0.2, -0.15) is 9.42 Å². The molecule has 5 aliphatic heterocycles. The van der Waals surface area contributed by atoms with E-state index in [0.29, 0.717) is 76.1 Å². The number of sulfonamides is 1. The van der Waals surface area contributed by atoms with Crippen molar-refractivity contribution in [3.8, 4) is 46.0 Å². The van der Waals surface area contributed by atoms with E-state index in [4.69, 9.17) is 40.0 Å². The first-order valence-electron chi connectivity index (χ1n) is 18.8. The number of hydrogen-bond donors (Lipinski definition) is 0. The van der Waals surface area contributed by atoms with Gasteiger partial charge in [-0.1, -0.05) is 35.9 Å². The van der Waals surface area contributed by atoms with Crippen LogP contribution in [0.15, 0.2) is 77.9 Å². The number of fused-ring (bicyclic) bond motifs is 2. The van der Waals surface area contributed by atoms with Gasteiger partial charge in [-0.05, 0) is 109 Å². The van der Waals surface area contributed by atoms with Crippen LogP contribution in [0.25, 0.3) is 0 Å². The molecule has 0 saturated carbocycles. The molecule has 0 radical (unpaired) electrons. The Kier molecular flexibility index (Phi) is 9.35. The summed E-state index contributed by atoms with van der Waals surface area (Å²) in [7, 11) is 4.50. The summed E-state index contributed by atoms with van der Waals surface area (Å²) >= 11 is 6.28. The molecule has 6 aliphatic rings. The summed E-state index contributed by atoms with van der Waals surface area (Å²) in [5.74, 6) is 4.05. The van der Waals surface area contributed by atoms with Gasteiger partial charge in [-0.25, -0.2) is 8.42 Å². The number of benzene rings is 4. The van der Waals surface area contributed by atoms with E-state index < -0.39 is 21.3 Å². The van der Waals surface area contributed by atoms with E-state index in [-0.39, 0.29) is 12.5 Å². The van der Waals surface area contributed by atoms with Crippen molar-refractivity contribution in [2.75, 3.05) is 53.0 Å². The number of hydrogen-bond acceptors (Lipinski definition) is 10. The third-order valence-electron chi connectivity index (χ3n) is 11.8. The van der Waals surface area contributed by atoms with Gasteiger partial charge in [0.25, 0.3) is 10.0 Å². The second-order valence-electron chi connectivity index (χ2n) is 14.8. The molecule has 0 N–H and O–H groups in total. The van der Waals surface area contributed by atoms with Crippen LogP contribution < -0.4 is 32.8 Å². The molecule has 11 nitrogen and oxygen atoms in total. The third-order valence-corrected chi connectivity index (χ3v) is 14.0. The van der Waals surface area contributed by atoms with Crippen LogP contribution in [0.5, 0.6) is 46.0 Å². The van der Waals surface area contributed by atoms with Crippen LogP contribution >= 0.6 is 11.6 Å². The van der Waals surface area contributed by atoms with Gasteiger partial charge in [0.2, 0.25) is 5.75 Å². The lowest BCUT2D eigenvalue weighted by atomic mass is 9.86. The molecule has 0 amide bonds. The van der Waals surface area contributed by atoms with Gasteiger partial charge in [0, 0.05) is 35.8 Å². The van der Waals surface area contributed by atoms with Crippen LogP contribution in [0.1, 0.15) is 51.9 Å². The number of hydrazine groups is 1. The minimum atomic E-state index is -4.07. The maximum absolute atomic E-state index is 15.0. The van der Waals surface area contributed by atoms with Crippen molar-refractivity contribution >= 4 is 27.3 Å². The lowest BCUT2D eigenvalue weighted by Gasteiger charge is -2.49. The van der Waals surface area contributed by atoms with Gasteiger partial charge >= 0.3 is 0 Å². The molecule has 56 heavy (non-hydrogen) atoms. The predicted molar refractivity (Wildman–Crippen MR) is 215 cm³/mol. The van der Waals surface area contributed by atoms with E-state index in [1.807, 2.05) is 29.3 Å².